The van der Waals surface area contributed by atoms with Gasteiger partial charge in [0.25, 0.3) is 0 Å². The van der Waals surface area contributed by atoms with Crippen molar-refractivity contribution in [1.82, 2.24) is 15.5 Å². The minimum Gasteiger partial charge on any atom is -0.374 e. The Bertz CT molecular complexity index is 254. The summed E-state index contributed by atoms with van der Waals surface area (Å²) < 4.78 is 5.61. The molecule has 0 saturated carbocycles. The van der Waals surface area contributed by atoms with Crippen molar-refractivity contribution in [3.63, 3.8) is 0 Å². The highest BCUT2D eigenvalue weighted by atomic mass is 16.5. The smallest absolute Gasteiger partial charge is 0.237 e. The van der Waals surface area contributed by atoms with Crippen LogP contribution in [0.3, 0.4) is 0 Å². The number of ether oxygens (including phenoxy) is 1. The van der Waals surface area contributed by atoms with E-state index in [1.54, 1.807) is 0 Å². The minimum atomic E-state index is 0.00469. The molecule has 5 heteroatoms. The van der Waals surface area contributed by atoms with Gasteiger partial charge in [0.1, 0.15) is 0 Å². The van der Waals surface area contributed by atoms with Gasteiger partial charge in [-0.1, -0.05) is 6.42 Å². The zero-order valence-corrected chi connectivity index (χ0v) is 10.6. The molecular formula is C12H23N3O2. The largest absolute Gasteiger partial charge is 0.374 e. The lowest BCUT2D eigenvalue weighted by atomic mass is 10.0. The molecule has 0 radical (unpaired) electrons. The number of hydrogen-bond acceptors (Lipinski definition) is 4. The Morgan fingerprint density at radius 2 is 2.41 bits per heavy atom. The van der Waals surface area contributed by atoms with Gasteiger partial charge in [-0.15, -0.1) is 0 Å². The molecular weight excluding hydrogens is 218 g/mol. The van der Waals surface area contributed by atoms with E-state index in [1.165, 1.54) is 6.42 Å². The molecule has 0 spiro atoms. The molecule has 2 atom stereocenters. The molecule has 2 saturated heterocycles. The minimum absolute atomic E-state index is 0.00469. The number of rotatable bonds is 3. The summed E-state index contributed by atoms with van der Waals surface area (Å²) in [6, 6.07) is 0.00469. The number of morpholine rings is 1. The van der Waals surface area contributed by atoms with Crippen molar-refractivity contribution >= 4 is 5.91 Å². The number of amides is 1. The molecule has 17 heavy (non-hydrogen) atoms. The van der Waals surface area contributed by atoms with Crippen LogP contribution in [0.5, 0.6) is 0 Å². The van der Waals surface area contributed by atoms with Crippen LogP contribution in [0, 0.1) is 0 Å². The number of nitrogens with one attached hydrogen (secondary N) is 2. The monoisotopic (exact) mass is 241 g/mol. The molecule has 2 N–H and O–H groups in total. The Kier molecular flexibility index (Phi) is 4.76. The second-order valence-electron chi connectivity index (χ2n) is 5.00. The van der Waals surface area contributed by atoms with E-state index in [0.717, 1.165) is 39.1 Å². The zero-order chi connectivity index (χ0) is 12.1. The van der Waals surface area contributed by atoms with Crippen LogP contribution in [0.25, 0.3) is 0 Å². The Labute approximate surface area is 103 Å². The average Bonchev–Trinajstić information content (AvgIpc) is 2.37. The first kappa shape index (κ1) is 12.8. The van der Waals surface area contributed by atoms with Crippen LogP contribution >= 0.6 is 0 Å². The van der Waals surface area contributed by atoms with Crippen molar-refractivity contribution in [3.8, 4) is 0 Å². The van der Waals surface area contributed by atoms with Gasteiger partial charge in [0, 0.05) is 19.6 Å². The molecule has 0 bridgehead atoms. The summed E-state index contributed by atoms with van der Waals surface area (Å²) in [6.45, 7) is 4.23. The SMILES string of the molecule is CN1CCOC(CNC(=O)[C@@H]2CCCCN2)C1. The van der Waals surface area contributed by atoms with Gasteiger partial charge in [0.15, 0.2) is 0 Å². The standard InChI is InChI=1S/C12H23N3O2/c1-15-6-7-17-10(9-15)8-14-12(16)11-4-2-3-5-13-11/h10-11,13H,2-9H2,1H3,(H,14,16)/t10?,11-/m0/s1. The number of carbonyl (C=O) groups excluding carboxylic acids is 1. The van der Waals surface area contributed by atoms with E-state index in [0.29, 0.717) is 6.54 Å². The van der Waals surface area contributed by atoms with Gasteiger partial charge in [-0.05, 0) is 26.4 Å². The van der Waals surface area contributed by atoms with Crippen molar-refractivity contribution in [2.24, 2.45) is 0 Å². The van der Waals surface area contributed by atoms with Crippen molar-refractivity contribution in [2.45, 2.75) is 31.4 Å². The second kappa shape index (κ2) is 6.33. The van der Waals surface area contributed by atoms with Crippen molar-refractivity contribution in [1.29, 1.82) is 0 Å². The highest BCUT2D eigenvalue weighted by Gasteiger charge is 2.22. The van der Waals surface area contributed by atoms with Crippen LogP contribution in [-0.2, 0) is 9.53 Å². The Morgan fingerprint density at radius 3 is 3.12 bits per heavy atom. The van der Waals surface area contributed by atoms with E-state index in [-0.39, 0.29) is 18.1 Å². The first-order chi connectivity index (χ1) is 8.25. The fourth-order valence-electron chi connectivity index (χ4n) is 2.40. The zero-order valence-electron chi connectivity index (χ0n) is 10.6. The van der Waals surface area contributed by atoms with E-state index < -0.39 is 0 Å². The number of carbonyl (C=O) groups is 1. The average molecular weight is 241 g/mol. The summed E-state index contributed by atoms with van der Waals surface area (Å²) in [4.78, 5) is 14.1. The number of likely N-dealkylation sites (N-methyl/N-ethyl adjacent to an activating group) is 1. The fourth-order valence-corrected chi connectivity index (χ4v) is 2.40. The third-order valence-corrected chi connectivity index (χ3v) is 3.47. The summed E-state index contributed by atoms with van der Waals surface area (Å²) in [5, 5.41) is 6.24. The Morgan fingerprint density at radius 1 is 1.53 bits per heavy atom. The maximum atomic E-state index is 11.9. The first-order valence-corrected chi connectivity index (χ1v) is 6.57. The van der Waals surface area contributed by atoms with Gasteiger partial charge in [0.2, 0.25) is 5.91 Å². The molecule has 2 fully saturated rings. The molecule has 98 valence electrons. The number of nitrogens with zero attached hydrogens (tertiary/aromatic N) is 1. The number of piperidine rings is 1. The van der Waals surface area contributed by atoms with Crippen LogP contribution in [0.1, 0.15) is 19.3 Å². The van der Waals surface area contributed by atoms with Gasteiger partial charge in [-0.25, -0.2) is 0 Å². The van der Waals surface area contributed by atoms with Gasteiger partial charge in [-0.3, -0.25) is 4.79 Å². The normalized spacial score (nSPS) is 31.1. The molecule has 2 rings (SSSR count). The highest BCUT2D eigenvalue weighted by molar-refractivity contribution is 5.81. The maximum Gasteiger partial charge on any atom is 0.237 e. The van der Waals surface area contributed by atoms with Crippen molar-refractivity contribution in [2.75, 3.05) is 39.8 Å². The highest BCUT2D eigenvalue weighted by Crippen LogP contribution is 2.07. The molecule has 0 aliphatic carbocycles. The van der Waals surface area contributed by atoms with E-state index in [4.69, 9.17) is 4.74 Å². The lowest BCUT2D eigenvalue weighted by molar-refractivity contribution is -0.124. The third kappa shape index (κ3) is 3.94. The van der Waals surface area contributed by atoms with E-state index in [2.05, 4.69) is 22.6 Å². The van der Waals surface area contributed by atoms with Gasteiger partial charge in [-0.2, -0.15) is 0 Å². The molecule has 1 unspecified atom stereocenters. The molecule has 2 aliphatic rings. The molecule has 2 aliphatic heterocycles. The molecule has 0 aromatic rings. The Balaban J connectivity index is 1.68. The van der Waals surface area contributed by atoms with E-state index in [1.807, 2.05) is 0 Å². The van der Waals surface area contributed by atoms with E-state index in [9.17, 15) is 4.79 Å². The molecule has 0 aromatic carbocycles. The summed E-state index contributed by atoms with van der Waals surface area (Å²) in [5.74, 6) is 0.126. The Hall–Kier alpha value is -0.650. The second-order valence-corrected chi connectivity index (χ2v) is 5.00. The van der Waals surface area contributed by atoms with Crippen LogP contribution in [0.2, 0.25) is 0 Å². The van der Waals surface area contributed by atoms with Crippen LogP contribution < -0.4 is 10.6 Å². The summed E-state index contributed by atoms with van der Waals surface area (Å²) >= 11 is 0. The summed E-state index contributed by atoms with van der Waals surface area (Å²) in [6.07, 6.45) is 3.42. The van der Waals surface area contributed by atoms with Crippen LogP contribution in [0.4, 0.5) is 0 Å². The first-order valence-electron chi connectivity index (χ1n) is 6.57. The lowest BCUT2D eigenvalue weighted by Gasteiger charge is -2.31. The lowest BCUT2D eigenvalue weighted by Crippen LogP contribution is -2.51. The van der Waals surface area contributed by atoms with Gasteiger partial charge >= 0.3 is 0 Å². The molecule has 0 aromatic heterocycles. The summed E-state index contributed by atoms with van der Waals surface area (Å²) in [7, 11) is 2.08. The van der Waals surface area contributed by atoms with Crippen LogP contribution in [0.15, 0.2) is 0 Å². The topological polar surface area (TPSA) is 53.6 Å². The number of hydrogen-bond donors (Lipinski definition) is 2. The summed E-state index contributed by atoms with van der Waals surface area (Å²) in [5.41, 5.74) is 0. The predicted molar refractivity (Wildman–Crippen MR) is 65.9 cm³/mol. The molecule has 1 amide bonds. The molecule has 2 heterocycles. The van der Waals surface area contributed by atoms with Gasteiger partial charge < -0.3 is 20.3 Å². The predicted octanol–water partition coefficient (Wildman–Crippen LogP) is -0.425. The van der Waals surface area contributed by atoms with Gasteiger partial charge in [0.05, 0.1) is 18.8 Å². The third-order valence-electron chi connectivity index (χ3n) is 3.47. The van der Waals surface area contributed by atoms with Crippen molar-refractivity contribution in [3.05, 3.63) is 0 Å². The van der Waals surface area contributed by atoms with E-state index >= 15 is 0 Å². The molecule has 5 nitrogen and oxygen atoms in total. The maximum absolute atomic E-state index is 11.9. The van der Waals surface area contributed by atoms with Crippen LogP contribution in [-0.4, -0.2) is 62.8 Å². The van der Waals surface area contributed by atoms with Crippen molar-refractivity contribution < 1.29 is 9.53 Å². The quantitative estimate of drug-likeness (QED) is 0.704. The fraction of sp³-hybridized carbons (Fsp3) is 0.917.